The number of urea groups is 1. The lowest BCUT2D eigenvalue weighted by Crippen LogP contribution is -2.43. The lowest BCUT2D eigenvalue weighted by atomic mass is 9.92. The smallest absolute Gasteiger partial charge is 0.325 e. The maximum atomic E-state index is 12.8. The Labute approximate surface area is 168 Å². The van der Waals surface area contributed by atoms with Crippen molar-refractivity contribution in [1.82, 2.24) is 15.5 Å². The van der Waals surface area contributed by atoms with E-state index in [2.05, 4.69) is 26.6 Å². The topological polar surface area (TPSA) is 87.7 Å². The quantitative estimate of drug-likeness (QED) is 0.660. The van der Waals surface area contributed by atoms with Crippen LogP contribution in [0.2, 0.25) is 0 Å². The Balaban J connectivity index is 1.66. The van der Waals surface area contributed by atoms with Crippen LogP contribution in [0.5, 0.6) is 5.75 Å². The summed E-state index contributed by atoms with van der Waals surface area (Å²) in [6.07, 6.45) is 0. The average Bonchev–Trinajstić information content (AvgIpc) is 3.17. The van der Waals surface area contributed by atoms with Crippen LogP contribution < -0.4 is 15.4 Å². The van der Waals surface area contributed by atoms with Gasteiger partial charge in [0.05, 0.1) is 13.7 Å². The summed E-state index contributed by atoms with van der Waals surface area (Å²) >= 11 is 4.86. The zero-order valence-electron chi connectivity index (χ0n) is 14.7. The van der Waals surface area contributed by atoms with Gasteiger partial charge in [-0.25, -0.2) is 4.79 Å². The summed E-state index contributed by atoms with van der Waals surface area (Å²) in [5.41, 5.74) is -0.601. The fourth-order valence-electron chi connectivity index (χ4n) is 2.79. The molecule has 0 radical (unpaired) electrons. The van der Waals surface area contributed by atoms with E-state index in [4.69, 9.17) is 4.74 Å². The molecule has 1 atom stereocenters. The molecule has 7 nitrogen and oxygen atoms in total. The van der Waals surface area contributed by atoms with Gasteiger partial charge in [-0.1, -0.05) is 12.1 Å². The van der Waals surface area contributed by atoms with Crippen molar-refractivity contribution in [1.29, 1.82) is 0 Å². The van der Waals surface area contributed by atoms with Crippen molar-refractivity contribution in [3.05, 3.63) is 50.6 Å². The fourth-order valence-corrected chi connectivity index (χ4v) is 4.18. The van der Waals surface area contributed by atoms with Crippen molar-refractivity contribution < 1.29 is 19.1 Å². The van der Waals surface area contributed by atoms with E-state index in [1.54, 1.807) is 38.3 Å². The number of ether oxygens (including phenoxy) is 1. The van der Waals surface area contributed by atoms with Crippen molar-refractivity contribution in [2.24, 2.45) is 0 Å². The van der Waals surface area contributed by atoms with Crippen molar-refractivity contribution in [3.63, 3.8) is 0 Å². The fraction of sp³-hybridized carbons (Fsp3) is 0.278. The molecule has 1 aromatic heterocycles. The maximum Gasteiger partial charge on any atom is 0.325 e. The predicted molar refractivity (Wildman–Crippen MR) is 104 cm³/mol. The second-order valence-electron chi connectivity index (χ2n) is 6.18. The summed E-state index contributed by atoms with van der Waals surface area (Å²) in [6, 6.07) is 8.18. The van der Waals surface area contributed by atoms with Crippen LogP contribution in [0, 0.1) is 0 Å². The number of carbonyl (C=O) groups excluding carboxylic acids is 3. The van der Waals surface area contributed by atoms with E-state index >= 15 is 0 Å². The van der Waals surface area contributed by atoms with Crippen LogP contribution in [0.4, 0.5) is 4.79 Å². The Morgan fingerprint density at radius 3 is 2.63 bits per heavy atom. The largest absolute Gasteiger partial charge is 0.497 e. The van der Waals surface area contributed by atoms with Crippen LogP contribution in [0.25, 0.3) is 0 Å². The standard InChI is InChI=1S/C18H18BrN3O4S/c1-18(11-3-5-13(26-2)6-4-11)16(24)22(17(25)21-18)9-15(23)20-8-14-7-12(19)10-27-14/h3-7,10H,8-9H2,1-2H3,(H,20,23)(H,21,25). The van der Waals surface area contributed by atoms with E-state index in [0.717, 1.165) is 14.2 Å². The monoisotopic (exact) mass is 451 g/mol. The summed E-state index contributed by atoms with van der Waals surface area (Å²) in [4.78, 5) is 39.2. The molecule has 2 N–H and O–H groups in total. The van der Waals surface area contributed by atoms with Crippen LogP contribution in [0.3, 0.4) is 0 Å². The average molecular weight is 452 g/mol. The first-order valence-electron chi connectivity index (χ1n) is 8.12. The first kappa shape index (κ1) is 19.4. The van der Waals surface area contributed by atoms with Crippen molar-refractivity contribution in [2.75, 3.05) is 13.7 Å². The molecule has 9 heteroatoms. The molecule has 1 unspecified atom stereocenters. The molecule has 2 heterocycles. The van der Waals surface area contributed by atoms with Gasteiger partial charge >= 0.3 is 6.03 Å². The van der Waals surface area contributed by atoms with Crippen molar-refractivity contribution >= 4 is 45.1 Å². The summed E-state index contributed by atoms with van der Waals surface area (Å²) in [5.74, 6) is -0.218. The molecule has 1 aliphatic heterocycles. The van der Waals surface area contributed by atoms with Gasteiger partial charge in [0.25, 0.3) is 5.91 Å². The number of rotatable bonds is 6. The number of amides is 4. The molecule has 0 aliphatic carbocycles. The number of nitrogens with one attached hydrogen (secondary N) is 2. The summed E-state index contributed by atoms with van der Waals surface area (Å²) < 4.78 is 6.06. The number of halogens is 1. The number of benzene rings is 1. The third-order valence-corrected chi connectivity index (χ3v) is 6.02. The molecule has 1 aromatic carbocycles. The molecule has 3 rings (SSSR count). The number of nitrogens with zero attached hydrogens (tertiary/aromatic N) is 1. The molecular weight excluding hydrogens is 434 g/mol. The number of hydrogen-bond acceptors (Lipinski definition) is 5. The summed E-state index contributed by atoms with van der Waals surface area (Å²) in [6.45, 7) is 1.63. The van der Waals surface area contributed by atoms with Gasteiger partial charge in [-0.3, -0.25) is 14.5 Å². The molecule has 0 saturated carbocycles. The second-order valence-corrected chi connectivity index (χ2v) is 8.09. The first-order valence-corrected chi connectivity index (χ1v) is 9.79. The molecule has 4 amide bonds. The third-order valence-electron chi connectivity index (χ3n) is 4.33. The van der Waals surface area contributed by atoms with E-state index in [-0.39, 0.29) is 6.54 Å². The number of hydrogen-bond donors (Lipinski definition) is 2. The zero-order chi connectivity index (χ0) is 19.6. The van der Waals surface area contributed by atoms with Crippen LogP contribution in [-0.4, -0.2) is 36.4 Å². The van der Waals surface area contributed by atoms with Gasteiger partial charge in [-0.2, -0.15) is 0 Å². The van der Waals surface area contributed by atoms with Gasteiger partial charge in [0.15, 0.2) is 0 Å². The van der Waals surface area contributed by atoms with E-state index in [1.807, 2.05) is 11.4 Å². The normalized spacial score (nSPS) is 19.1. The number of thiophene rings is 1. The SMILES string of the molecule is COc1ccc(C2(C)NC(=O)N(CC(=O)NCc3cc(Br)cs3)C2=O)cc1. The lowest BCUT2D eigenvalue weighted by molar-refractivity contribution is -0.134. The number of imide groups is 1. The molecule has 27 heavy (non-hydrogen) atoms. The molecule has 0 bridgehead atoms. The molecule has 1 fully saturated rings. The van der Waals surface area contributed by atoms with Gasteiger partial charge < -0.3 is 15.4 Å². The number of methoxy groups -OCH3 is 1. The molecular formula is C18H18BrN3O4S. The van der Waals surface area contributed by atoms with Crippen LogP contribution in [0.1, 0.15) is 17.4 Å². The highest BCUT2D eigenvalue weighted by Crippen LogP contribution is 2.29. The van der Waals surface area contributed by atoms with E-state index in [9.17, 15) is 14.4 Å². The Morgan fingerprint density at radius 2 is 2.04 bits per heavy atom. The van der Waals surface area contributed by atoms with E-state index < -0.39 is 23.4 Å². The molecule has 142 valence electrons. The second kappa shape index (κ2) is 7.69. The molecule has 2 aromatic rings. The summed E-state index contributed by atoms with van der Waals surface area (Å²) in [7, 11) is 1.55. The third kappa shape index (κ3) is 3.98. The number of carbonyl (C=O) groups is 3. The van der Waals surface area contributed by atoms with Crippen LogP contribution >= 0.6 is 27.3 Å². The van der Waals surface area contributed by atoms with Gasteiger partial charge in [-0.05, 0) is 46.6 Å². The highest BCUT2D eigenvalue weighted by atomic mass is 79.9. The van der Waals surface area contributed by atoms with Crippen LogP contribution in [0.15, 0.2) is 40.2 Å². The zero-order valence-corrected chi connectivity index (χ0v) is 17.1. The highest BCUT2D eigenvalue weighted by molar-refractivity contribution is 9.10. The van der Waals surface area contributed by atoms with Gasteiger partial charge in [0, 0.05) is 14.7 Å². The van der Waals surface area contributed by atoms with Gasteiger partial charge in [0.2, 0.25) is 5.91 Å². The Hall–Kier alpha value is -2.39. The Bertz CT molecular complexity index is 883. The Morgan fingerprint density at radius 1 is 1.33 bits per heavy atom. The minimum atomic E-state index is -1.22. The highest BCUT2D eigenvalue weighted by Gasteiger charge is 2.49. The van der Waals surface area contributed by atoms with Gasteiger partial charge in [0.1, 0.15) is 17.8 Å². The molecule has 0 spiro atoms. The maximum absolute atomic E-state index is 12.8. The molecule has 1 aliphatic rings. The minimum Gasteiger partial charge on any atom is -0.497 e. The van der Waals surface area contributed by atoms with E-state index in [0.29, 0.717) is 17.9 Å². The van der Waals surface area contributed by atoms with Gasteiger partial charge in [-0.15, -0.1) is 11.3 Å². The molecule has 1 saturated heterocycles. The lowest BCUT2D eigenvalue weighted by Gasteiger charge is -2.22. The first-order chi connectivity index (χ1) is 12.8. The Kier molecular flexibility index (Phi) is 5.52. The predicted octanol–water partition coefficient (Wildman–Crippen LogP) is 2.60. The van der Waals surface area contributed by atoms with Crippen molar-refractivity contribution in [3.8, 4) is 5.75 Å². The van der Waals surface area contributed by atoms with Crippen molar-refractivity contribution in [2.45, 2.75) is 19.0 Å². The summed E-state index contributed by atoms with van der Waals surface area (Å²) in [5, 5.41) is 7.32. The van der Waals surface area contributed by atoms with Crippen LogP contribution in [-0.2, 0) is 21.7 Å². The minimum absolute atomic E-state index is 0.330. The van der Waals surface area contributed by atoms with E-state index in [1.165, 1.54) is 11.3 Å².